The van der Waals surface area contributed by atoms with Crippen LogP contribution in [0.15, 0.2) is 0 Å². The van der Waals surface area contributed by atoms with Crippen molar-refractivity contribution in [2.45, 2.75) is 45.6 Å². The van der Waals surface area contributed by atoms with Crippen molar-refractivity contribution < 1.29 is 4.79 Å². The number of carbonyl (C=O) groups is 1. The first kappa shape index (κ1) is 16.4. The minimum atomic E-state index is 0.0301. The molecule has 0 aromatic heterocycles. The number of hydrogen-bond acceptors (Lipinski definition) is 3. The van der Waals surface area contributed by atoms with E-state index < -0.39 is 0 Å². The van der Waals surface area contributed by atoms with Crippen molar-refractivity contribution in [3.05, 3.63) is 0 Å². The Morgan fingerprint density at radius 2 is 1.89 bits per heavy atom. The van der Waals surface area contributed by atoms with Crippen LogP contribution in [0, 0.1) is 11.8 Å². The van der Waals surface area contributed by atoms with Crippen molar-refractivity contribution in [1.82, 2.24) is 9.80 Å². The van der Waals surface area contributed by atoms with Crippen LogP contribution >= 0.6 is 0 Å². The zero-order valence-corrected chi connectivity index (χ0v) is 13.1. The number of hydrogen-bond donors (Lipinski definition) is 1. The molecule has 4 heteroatoms. The summed E-state index contributed by atoms with van der Waals surface area (Å²) >= 11 is 0. The minimum absolute atomic E-state index is 0.0301. The van der Waals surface area contributed by atoms with E-state index in [9.17, 15) is 4.79 Å². The molecular weight excluding hydrogens is 238 g/mol. The van der Waals surface area contributed by atoms with E-state index in [4.69, 9.17) is 5.73 Å². The summed E-state index contributed by atoms with van der Waals surface area (Å²) in [5.41, 5.74) is 6.20. The second-order valence-corrected chi connectivity index (χ2v) is 6.23. The maximum atomic E-state index is 12.7. The molecule has 2 N–H and O–H groups in total. The van der Waals surface area contributed by atoms with E-state index >= 15 is 0 Å². The highest BCUT2D eigenvalue weighted by Crippen LogP contribution is 2.30. The Morgan fingerprint density at radius 1 is 1.21 bits per heavy atom. The summed E-state index contributed by atoms with van der Waals surface area (Å²) in [7, 11) is 4.09. The molecule has 0 saturated heterocycles. The van der Waals surface area contributed by atoms with Crippen molar-refractivity contribution in [3.63, 3.8) is 0 Å². The molecule has 0 radical (unpaired) electrons. The molecule has 1 rings (SSSR count). The van der Waals surface area contributed by atoms with Gasteiger partial charge in [0, 0.05) is 25.7 Å². The van der Waals surface area contributed by atoms with Gasteiger partial charge in [-0.1, -0.05) is 20.3 Å². The lowest BCUT2D eigenvalue weighted by Crippen LogP contribution is -2.50. The zero-order chi connectivity index (χ0) is 14.4. The molecular formula is C15H31N3O. The molecule has 1 amide bonds. The molecule has 4 nitrogen and oxygen atoms in total. The fourth-order valence-corrected chi connectivity index (χ4v) is 3.02. The maximum absolute atomic E-state index is 12.7. The van der Waals surface area contributed by atoms with Crippen LogP contribution in [0.5, 0.6) is 0 Å². The highest BCUT2D eigenvalue weighted by Gasteiger charge is 2.36. The van der Waals surface area contributed by atoms with Crippen LogP contribution in [0.3, 0.4) is 0 Å². The van der Waals surface area contributed by atoms with Gasteiger partial charge >= 0.3 is 0 Å². The van der Waals surface area contributed by atoms with E-state index in [1.165, 1.54) is 0 Å². The van der Waals surface area contributed by atoms with Gasteiger partial charge in [-0.15, -0.1) is 0 Å². The van der Waals surface area contributed by atoms with Gasteiger partial charge in [0.15, 0.2) is 0 Å². The fourth-order valence-electron chi connectivity index (χ4n) is 3.02. The van der Waals surface area contributed by atoms with Crippen molar-refractivity contribution in [3.8, 4) is 0 Å². The first-order chi connectivity index (χ1) is 8.97. The second kappa shape index (κ2) is 7.85. The summed E-state index contributed by atoms with van der Waals surface area (Å²) in [6.45, 7) is 6.89. The average Bonchev–Trinajstić information content (AvgIpc) is 2.33. The largest absolute Gasteiger partial charge is 0.341 e. The molecule has 0 aromatic rings. The Morgan fingerprint density at radius 3 is 2.42 bits per heavy atom. The van der Waals surface area contributed by atoms with Crippen LogP contribution in [-0.2, 0) is 4.79 Å². The van der Waals surface area contributed by atoms with E-state index in [-0.39, 0.29) is 17.9 Å². The van der Waals surface area contributed by atoms with Gasteiger partial charge in [-0.05, 0) is 39.3 Å². The third-order valence-corrected chi connectivity index (χ3v) is 4.18. The Hall–Kier alpha value is -0.610. The lowest BCUT2D eigenvalue weighted by molar-refractivity contribution is -0.139. The molecule has 3 unspecified atom stereocenters. The van der Waals surface area contributed by atoms with E-state index in [0.29, 0.717) is 5.92 Å². The summed E-state index contributed by atoms with van der Waals surface area (Å²) in [4.78, 5) is 16.9. The first-order valence-electron chi connectivity index (χ1n) is 7.66. The van der Waals surface area contributed by atoms with Crippen LogP contribution in [0.4, 0.5) is 0 Å². The summed E-state index contributed by atoms with van der Waals surface area (Å²) in [5, 5.41) is 0. The monoisotopic (exact) mass is 269 g/mol. The first-order valence-corrected chi connectivity index (χ1v) is 7.66. The number of rotatable bonds is 6. The molecule has 0 aliphatic heterocycles. The molecule has 1 aliphatic rings. The number of nitrogens with two attached hydrogens (primary N) is 1. The second-order valence-electron chi connectivity index (χ2n) is 6.23. The van der Waals surface area contributed by atoms with Gasteiger partial charge in [0.1, 0.15) is 0 Å². The minimum Gasteiger partial charge on any atom is -0.341 e. The SMILES string of the molecule is CCCN(CCN(C)C)C(=O)C1C(C)CCCC1N. The van der Waals surface area contributed by atoms with Gasteiger partial charge in [0.05, 0.1) is 5.92 Å². The zero-order valence-electron chi connectivity index (χ0n) is 13.1. The molecule has 1 fully saturated rings. The van der Waals surface area contributed by atoms with E-state index in [1.54, 1.807) is 0 Å². The number of likely N-dealkylation sites (N-methyl/N-ethyl adjacent to an activating group) is 1. The van der Waals surface area contributed by atoms with Crippen LogP contribution in [0.1, 0.15) is 39.5 Å². The van der Waals surface area contributed by atoms with E-state index in [2.05, 4.69) is 18.7 Å². The standard InChI is InChI=1S/C15H31N3O/c1-5-9-18(11-10-17(3)4)15(19)14-12(2)7-6-8-13(14)16/h12-14H,5-11,16H2,1-4H3. The van der Waals surface area contributed by atoms with Crippen LogP contribution in [0.25, 0.3) is 0 Å². The van der Waals surface area contributed by atoms with Gasteiger partial charge < -0.3 is 15.5 Å². The van der Waals surface area contributed by atoms with E-state index in [1.807, 2.05) is 19.0 Å². The number of nitrogens with zero attached hydrogens (tertiary/aromatic N) is 2. The lowest BCUT2D eigenvalue weighted by Gasteiger charge is -2.37. The van der Waals surface area contributed by atoms with Crippen molar-refractivity contribution in [1.29, 1.82) is 0 Å². The highest BCUT2D eigenvalue weighted by molar-refractivity contribution is 5.80. The van der Waals surface area contributed by atoms with Gasteiger partial charge in [0.25, 0.3) is 0 Å². The van der Waals surface area contributed by atoms with Crippen molar-refractivity contribution in [2.24, 2.45) is 17.6 Å². The Bertz CT molecular complexity index is 271. The Labute approximate surface area is 118 Å². The molecule has 112 valence electrons. The Balaban J connectivity index is 2.67. The molecule has 0 heterocycles. The topological polar surface area (TPSA) is 49.6 Å². The number of amides is 1. The maximum Gasteiger partial charge on any atom is 0.227 e. The summed E-state index contributed by atoms with van der Waals surface area (Å²) < 4.78 is 0. The summed E-state index contributed by atoms with van der Waals surface area (Å²) in [5.74, 6) is 0.737. The van der Waals surface area contributed by atoms with Gasteiger partial charge in [-0.2, -0.15) is 0 Å². The predicted molar refractivity (Wildman–Crippen MR) is 79.9 cm³/mol. The van der Waals surface area contributed by atoms with Gasteiger partial charge in [-0.3, -0.25) is 4.79 Å². The summed E-state index contributed by atoms with van der Waals surface area (Å²) in [6, 6.07) is 0.0509. The van der Waals surface area contributed by atoms with Crippen LogP contribution in [-0.4, -0.2) is 55.5 Å². The predicted octanol–water partition coefficient (Wildman–Crippen LogP) is 1.55. The van der Waals surface area contributed by atoms with Crippen LogP contribution < -0.4 is 5.73 Å². The van der Waals surface area contributed by atoms with E-state index in [0.717, 1.165) is 45.3 Å². The third kappa shape index (κ3) is 4.77. The number of carbonyl (C=O) groups excluding carboxylic acids is 1. The average molecular weight is 269 g/mol. The summed E-state index contributed by atoms with van der Waals surface area (Å²) in [6.07, 6.45) is 4.30. The molecule has 19 heavy (non-hydrogen) atoms. The van der Waals surface area contributed by atoms with Crippen molar-refractivity contribution >= 4 is 5.91 Å². The van der Waals surface area contributed by atoms with Crippen LogP contribution in [0.2, 0.25) is 0 Å². The molecule has 0 bridgehead atoms. The molecule has 1 saturated carbocycles. The Kier molecular flexibility index (Phi) is 6.80. The quantitative estimate of drug-likeness (QED) is 0.796. The normalized spacial score (nSPS) is 27.6. The van der Waals surface area contributed by atoms with Gasteiger partial charge in [-0.25, -0.2) is 0 Å². The molecule has 0 spiro atoms. The van der Waals surface area contributed by atoms with Crippen molar-refractivity contribution in [2.75, 3.05) is 33.7 Å². The smallest absolute Gasteiger partial charge is 0.227 e. The molecule has 0 aromatic carbocycles. The molecule has 1 aliphatic carbocycles. The fraction of sp³-hybridized carbons (Fsp3) is 0.933. The third-order valence-electron chi connectivity index (χ3n) is 4.18. The van der Waals surface area contributed by atoms with Gasteiger partial charge in [0.2, 0.25) is 5.91 Å². The highest BCUT2D eigenvalue weighted by atomic mass is 16.2. The lowest BCUT2D eigenvalue weighted by atomic mass is 9.76. The molecule has 3 atom stereocenters.